The number of hydrogen-bond donors (Lipinski definition) is 0. The number of rotatable bonds is 4. The number of hydrogen-bond acceptors (Lipinski definition) is 6. The van der Waals surface area contributed by atoms with Crippen LogP contribution >= 0.6 is 11.3 Å². The van der Waals surface area contributed by atoms with Crippen LogP contribution < -0.4 is 15.1 Å². The summed E-state index contributed by atoms with van der Waals surface area (Å²) >= 11 is 1.43. The summed E-state index contributed by atoms with van der Waals surface area (Å²) in [5, 5.41) is 1.03. The van der Waals surface area contributed by atoms with Gasteiger partial charge in [0.2, 0.25) is 5.76 Å². The van der Waals surface area contributed by atoms with Gasteiger partial charge in [0, 0.05) is 4.88 Å². The molecule has 4 aromatic rings. The molecule has 162 valence electrons. The van der Waals surface area contributed by atoms with Gasteiger partial charge in [-0.15, -0.1) is 11.3 Å². The fourth-order valence-electron chi connectivity index (χ4n) is 4.12. The second-order valence-corrected chi connectivity index (χ2v) is 9.03. The third-order valence-electron chi connectivity index (χ3n) is 5.98. The second kappa shape index (κ2) is 7.60. The summed E-state index contributed by atoms with van der Waals surface area (Å²) in [5.41, 5.74) is 3.22. The van der Waals surface area contributed by atoms with Gasteiger partial charge in [-0.25, -0.2) is 4.98 Å². The van der Waals surface area contributed by atoms with E-state index >= 15 is 0 Å². The zero-order valence-corrected chi connectivity index (χ0v) is 19.1. The molecule has 0 saturated carbocycles. The summed E-state index contributed by atoms with van der Waals surface area (Å²) < 4.78 is 11.5. The lowest BCUT2D eigenvalue weighted by molar-refractivity contribution is 0.0971. The van der Waals surface area contributed by atoms with Crippen molar-refractivity contribution in [2.75, 3.05) is 12.0 Å². The van der Waals surface area contributed by atoms with Crippen molar-refractivity contribution in [2.45, 2.75) is 33.2 Å². The molecule has 5 rings (SSSR count). The van der Waals surface area contributed by atoms with E-state index in [0.29, 0.717) is 27.4 Å². The van der Waals surface area contributed by atoms with E-state index in [0.717, 1.165) is 28.1 Å². The lowest BCUT2D eigenvalue weighted by atomic mass is 9.98. The largest absolute Gasteiger partial charge is 0.497 e. The van der Waals surface area contributed by atoms with E-state index in [4.69, 9.17) is 9.15 Å². The molecule has 0 spiro atoms. The Morgan fingerprint density at radius 1 is 1.16 bits per heavy atom. The van der Waals surface area contributed by atoms with Crippen molar-refractivity contribution in [3.8, 4) is 5.75 Å². The third-order valence-corrected chi connectivity index (χ3v) is 7.05. The highest BCUT2D eigenvalue weighted by atomic mass is 32.1. The molecule has 6 nitrogen and oxygen atoms in total. The fraction of sp³-hybridized carbons (Fsp3) is 0.240. The van der Waals surface area contributed by atoms with Crippen LogP contribution in [-0.2, 0) is 6.42 Å². The van der Waals surface area contributed by atoms with Crippen molar-refractivity contribution in [2.24, 2.45) is 0 Å². The second-order valence-electron chi connectivity index (χ2n) is 7.85. The molecule has 0 bridgehead atoms. The number of carbonyl (C=O) groups excluding carboxylic acids is 1. The zero-order chi connectivity index (χ0) is 22.6. The number of thiazole rings is 1. The van der Waals surface area contributed by atoms with Crippen LogP contribution in [0.5, 0.6) is 5.75 Å². The molecule has 1 amide bonds. The maximum atomic E-state index is 13.7. The van der Waals surface area contributed by atoms with Gasteiger partial charge < -0.3 is 9.15 Å². The standard InChI is InChI=1S/C25H22N2O4S/c1-5-15-9-10-19-18(11-15)22(28)20-21(16-7-6-8-17(12-16)30-4)27(24(29)23(20)31-19)25-26-13(2)14(3)32-25/h6-12,21H,5H2,1-4H3. The predicted octanol–water partition coefficient (Wildman–Crippen LogP) is 5.19. The number of amides is 1. The Balaban J connectivity index is 1.81. The Morgan fingerprint density at radius 3 is 2.66 bits per heavy atom. The summed E-state index contributed by atoms with van der Waals surface area (Å²) in [5.74, 6) is 0.360. The van der Waals surface area contributed by atoms with E-state index < -0.39 is 6.04 Å². The Bertz CT molecular complexity index is 1420. The summed E-state index contributed by atoms with van der Waals surface area (Å²) in [4.78, 5) is 34.6. The van der Waals surface area contributed by atoms with Gasteiger partial charge in [0.05, 0.1) is 29.8 Å². The number of benzene rings is 2. The Hall–Kier alpha value is -3.45. The van der Waals surface area contributed by atoms with Crippen LogP contribution in [0.2, 0.25) is 0 Å². The van der Waals surface area contributed by atoms with Gasteiger partial charge in [-0.3, -0.25) is 14.5 Å². The van der Waals surface area contributed by atoms with Gasteiger partial charge in [-0.05, 0) is 55.7 Å². The Kier molecular flexibility index (Phi) is 4.86. The number of ether oxygens (including phenoxy) is 1. The Labute approximate surface area is 189 Å². The molecule has 0 aliphatic carbocycles. The van der Waals surface area contributed by atoms with Crippen LogP contribution in [0.3, 0.4) is 0 Å². The lowest BCUT2D eigenvalue weighted by Gasteiger charge is -2.23. The third kappa shape index (κ3) is 3.04. The van der Waals surface area contributed by atoms with Crippen molar-refractivity contribution in [1.82, 2.24) is 4.98 Å². The minimum atomic E-state index is -0.650. The van der Waals surface area contributed by atoms with Crippen LogP contribution in [0, 0.1) is 13.8 Å². The van der Waals surface area contributed by atoms with Crippen LogP contribution in [0.15, 0.2) is 51.7 Å². The summed E-state index contributed by atoms with van der Waals surface area (Å²) in [6.07, 6.45) is 0.800. The number of fused-ring (bicyclic) bond motifs is 2. The molecule has 2 aromatic heterocycles. The van der Waals surface area contributed by atoms with Gasteiger partial charge in [0.25, 0.3) is 5.91 Å². The molecule has 1 aliphatic heterocycles. The topological polar surface area (TPSA) is 72.6 Å². The number of nitrogens with zero attached hydrogens (tertiary/aromatic N) is 2. The summed E-state index contributed by atoms with van der Waals surface area (Å²) in [7, 11) is 1.59. The number of carbonyl (C=O) groups is 1. The first-order chi connectivity index (χ1) is 15.4. The Morgan fingerprint density at radius 2 is 1.97 bits per heavy atom. The average Bonchev–Trinajstić information content (AvgIpc) is 3.29. The normalized spacial score (nSPS) is 15.4. The van der Waals surface area contributed by atoms with Gasteiger partial charge >= 0.3 is 0 Å². The van der Waals surface area contributed by atoms with Crippen molar-refractivity contribution in [3.63, 3.8) is 0 Å². The van der Waals surface area contributed by atoms with Crippen molar-refractivity contribution in [1.29, 1.82) is 0 Å². The van der Waals surface area contributed by atoms with Gasteiger partial charge in [-0.2, -0.15) is 0 Å². The number of aryl methyl sites for hydroxylation is 3. The number of aromatic nitrogens is 1. The molecular formula is C25H22N2O4S. The molecule has 7 heteroatoms. The van der Waals surface area contributed by atoms with Crippen molar-refractivity contribution < 1.29 is 13.9 Å². The van der Waals surface area contributed by atoms with E-state index in [9.17, 15) is 9.59 Å². The highest BCUT2D eigenvalue weighted by Crippen LogP contribution is 2.43. The summed E-state index contributed by atoms with van der Waals surface area (Å²) in [6.45, 7) is 5.91. The minimum absolute atomic E-state index is 0.0741. The maximum Gasteiger partial charge on any atom is 0.297 e. The average molecular weight is 447 g/mol. The van der Waals surface area contributed by atoms with E-state index in [1.807, 2.05) is 57.2 Å². The smallest absolute Gasteiger partial charge is 0.297 e. The quantitative estimate of drug-likeness (QED) is 0.432. The lowest BCUT2D eigenvalue weighted by Crippen LogP contribution is -2.29. The molecule has 1 aliphatic rings. The number of anilines is 1. The summed E-state index contributed by atoms with van der Waals surface area (Å²) in [6, 6.07) is 12.3. The first kappa shape index (κ1) is 20.5. The molecule has 1 atom stereocenters. The van der Waals surface area contributed by atoms with Crippen molar-refractivity contribution >= 4 is 33.3 Å². The van der Waals surface area contributed by atoms with Crippen LogP contribution in [-0.4, -0.2) is 18.0 Å². The van der Waals surface area contributed by atoms with Gasteiger partial charge in [0.1, 0.15) is 11.3 Å². The highest BCUT2D eigenvalue weighted by molar-refractivity contribution is 7.15. The van der Waals surface area contributed by atoms with Crippen molar-refractivity contribution in [3.05, 3.63) is 85.7 Å². The molecule has 2 aromatic carbocycles. The molecule has 1 unspecified atom stereocenters. The maximum absolute atomic E-state index is 13.7. The van der Waals surface area contributed by atoms with Crippen LogP contribution in [0.1, 0.15) is 50.8 Å². The van der Waals surface area contributed by atoms with E-state index in [1.165, 1.54) is 11.3 Å². The SMILES string of the molecule is CCc1ccc2oc3c(c(=O)c2c1)C(c1cccc(OC)c1)N(c1nc(C)c(C)s1)C3=O. The predicted molar refractivity (Wildman–Crippen MR) is 125 cm³/mol. The molecule has 0 radical (unpaired) electrons. The minimum Gasteiger partial charge on any atom is -0.497 e. The molecular weight excluding hydrogens is 424 g/mol. The molecule has 0 N–H and O–H groups in total. The molecule has 3 heterocycles. The fourth-order valence-corrected chi connectivity index (χ4v) is 5.06. The van der Waals surface area contributed by atoms with E-state index in [2.05, 4.69) is 4.98 Å². The van der Waals surface area contributed by atoms with Gasteiger partial charge in [-0.1, -0.05) is 25.1 Å². The number of methoxy groups -OCH3 is 1. The highest BCUT2D eigenvalue weighted by Gasteiger charge is 2.45. The molecule has 32 heavy (non-hydrogen) atoms. The van der Waals surface area contributed by atoms with E-state index in [-0.39, 0.29) is 17.1 Å². The van der Waals surface area contributed by atoms with Crippen LogP contribution in [0.25, 0.3) is 11.0 Å². The first-order valence-electron chi connectivity index (χ1n) is 10.4. The van der Waals surface area contributed by atoms with Gasteiger partial charge in [0.15, 0.2) is 10.6 Å². The van der Waals surface area contributed by atoms with E-state index in [1.54, 1.807) is 18.1 Å². The molecule has 0 saturated heterocycles. The first-order valence-corrected chi connectivity index (χ1v) is 11.3. The monoisotopic (exact) mass is 446 g/mol. The molecule has 0 fully saturated rings. The zero-order valence-electron chi connectivity index (χ0n) is 18.3. The van der Waals surface area contributed by atoms with Crippen LogP contribution in [0.4, 0.5) is 5.13 Å².